The molecule has 3 rings (SSSR count). The maximum atomic E-state index is 5.59. The van der Waals surface area contributed by atoms with Crippen LogP contribution in [0.3, 0.4) is 0 Å². The Morgan fingerprint density at radius 3 is 2.71 bits per heavy atom. The van der Waals surface area contributed by atoms with Crippen molar-refractivity contribution < 1.29 is 9.47 Å². The number of imidazole rings is 1. The first-order valence-corrected chi connectivity index (χ1v) is 7.71. The average molecular weight is 289 g/mol. The average Bonchev–Trinajstić information content (AvgIpc) is 2.85. The van der Waals surface area contributed by atoms with Crippen LogP contribution >= 0.6 is 0 Å². The van der Waals surface area contributed by atoms with Gasteiger partial charge in [0.25, 0.3) is 0 Å². The third-order valence-corrected chi connectivity index (χ3v) is 3.63. The minimum atomic E-state index is 0.607. The van der Waals surface area contributed by atoms with Crippen LogP contribution < -0.4 is 14.8 Å². The molecule has 1 aromatic carbocycles. The molecule has 2 N–H and O–H groups in total. The predicted octanol–water partition coefficient (Wildman–Crippen LogP) is 2.51. The highest BCUT2D eigenvalue weighted by atomic mass is 16.6. The maximum absolute atomic E-state index is 5.59. The largest absolute Gasteiger partial charge is 0.486 e. The third kappa shape index (κ3) is 3.47. The summed E-state index contributed by atoms with van der Waals surface area (Å²) in [5, 5.41) is 3.46. The molecule has 114 valence electrons. The highest BCUT2D eigenvalue weighted by molar-refractivity contribution is 5.79. The van der Waals surface area contributed by atoms with E-state index in [1.165, 1.54) is 6.42 Å². The predicted molar refractivity (Wildman–Crippen MR) is 83.1 cm³/mol. The van der Waals surface area contributed by atoms with Crippen LogP contribution in [-0.4, -0.2) is 36.3 Å². The van der Waals surface area contributed by atoms with Crippen LogP contribution in [0.15, 0.2) is 12.1 Å². The summed E-state index contributed by atoms with van der Waals surface area (Å²) in [5.41, 5.74) is 1.95. The van der Waals surface area contributed by atoms with Crippen LogP contribution in [0.4, 0.5) is 0 Å². The van der Waals surface area contributed by atoms with Gasteiger partial charge in [-0.05, 0) is 18.9 Å². The number of rotatable bonds is 6. The van der Waals surface area contributed by atoms with Crippen molar-refractivity contribution in [3.8, 4) is 11.5 Å². The van der Waals surface area contributed by atoms with Crippen molar-refractivity contribution in [1.82, 2.24) is 15.3 Å². The molecule has 5 nitrogen and oxygen atoms in total. The van der Waals surface area contributed by atoms with Crippen LogP contribution in [0, 0.1) is 5.92 Å². The number of hydrogen-bond donors (Lipinski definition) is 2. The van der Waals surface area contributed by atoms with Gasteiger partial charge in [-0.2, -0.15) is 0 Å². The summed E-state index contributed by atoms with van der Waals surface area (Å²) in [5.74, 6) is 3.35. The second-order valence-corrected chi connectivity index (χ2v) is 5.88. The van der Waals surface area contributed by atoms with Crippen LogP contribution in [0.2, 0.25) is 0 Å². The number of aromatic amines is 1. The molecular weight excluding hydrogens is 266 g/mol. The van der Waals surface area contributed by atoms with Crippen molar-refractivity contribution in [2.45, 2.75) is 26.7 Å². The van der Waals surface area contributed by atoms with E-state index in [4.69, 9.17) is 9.47 Å². The molecule has 0 amide bonds. The SMILES string of the molecule is CC(C)CCNCCc1nc2cc3c(cc2[nH]1)OCCO3. The molecule has 21 heavy (non-hydrogen) atoms. The minimum absolute atomic E-state index is 0.607. The fraction of sp³-hybridized carbons (Fsp3) is 0.562. The van der Waals surface area contributed by atoms with Crippen molar-refractivity contribution in [3.05, 3.63) is 18.0 Å². The summed E-state index contributed by atoms with van der Waals surface area (Å²) >= 11 is 0. The molecule has 2 aromatic rings. The standard InChI is InChI=1S/C16H23N3O2/c1-11(2)3-5-17-6-4-16-18-12-9-14-15(10-13(12)19-16)21-8-7-20-14/h9-11,17H,3-8H2,1-2H3,(H,18,19). The Bertz CT molecular complexity index is 564. The second-order valence-electron chi connectivity index (χ2n) is 5.88. The van der Waals surface area contributed by atoms with Crippen LogP contribution in [0.1, 0.15) is 26.1 Å². The summed E-state index contributed by atoms with van der Waals surface area (Å²) in [6.45, 7) is 7.71. The third-order valence-electron chi connectivity index (χ3n) is 3.63. The van der Waals surface area contributed by atoms with Crippen LogP contribution in [0.5, 0.6) is 11.5 Å². The van der Waals surface area contributed by atoms with Gasteiger partial charge in [0.05, 0.1) is 11.0 Å². The molecule has 0 aliphatic carbocycles. The van der Waals surface area contributed by atoms with E-state index in [0.29, 0.717) is 13.2 Å². The van der Waals surface area contributed by atoms with E-state index in [0.717, 1.165) is 53.8 Å². The molecule has 0 radical (unpaired) electrons. The van der Waals surface area contributed by atoms with E-state index in [-0.39, 0.29) is 0 Å². The molecule has 2 heterocycles. The lowest BCUT2D eigenvalue weighted by Gasteiger charge is -2.17. The molecule has 0 saturated carbocycles. The van der Waals surface area contributed by atoms with Crippen molar-refractivity contribution in [2.24, 2.45) is 5.92 Å². The quantitative estimate of drug-likeness (QED) is 0.802. The Morgan fingerprint density at radius 1 is 1.19 bits per heavy atom. The van der Waals surface area contributed by atoms with Gasteiger partial charge in [-0.3, -0.25) is 0 Å². The normalized spacial score (nSPS) is 14.0. The van der Waals surface area contributed by atoms with Gasteiger partial charge in [0.1, 0.15) is 19.0 Å². The molecule has 0 atom stereocenters. The van der Waals surface area contributed by atoms with Crippen molar-refractivity contribution in [1.29, 1.82) is 0 Å². The van der Waals surface area contributed by atoms with E-state index < -0.39 is 0 Å². The number of ether oxygens (including phenoxy) is 2. The number of H-pyrrole nitrogens is 1. The first-order chi connectivity index (χ1) is 10.2. The molecule has 0 bridgehead atoms. The van der Waals surface area contributed by atoms with Crippen molar-refractivity contribution >= 4 is 11.0 Å². The monoisotopic (exact) mass is 289 g/mol. The zero-order valence-corrected chi connectivity index (χ0v) is 12.7. The fourth-order valence-electron chi connectivity index (χ4n) is 2.44. The molecule has 1 aliphatic rings. The Labute approximate surface area is 125 Å². The van der Waals surface area contributed by atoms with E-state index in [2.05, 4.69) is 29.1 Å². The number of nitrogens with one attached hydrogen (secondary N) is 2. The number of nitrogens with zero attached hydrogens (tertiary/aromatic N) is 1. The zero-order chi connectivity index (χ0) is 14.7. The lowest BCUT2D eigenvalue weighted by molar-refractivity contribution is 0.172. The van der Waals surface area contributed by atoms with Gasteiger partial charge >= 0.3 is 0 Å². The zero-order valence-electron chi connectivity index (χ0n) is 12.7. The van der Waals surface area contributed by atoms with E-state index in [1.54, 1.807) is 0 Å². The number of benzene rings is 1. The van der Waals surface area contributed by atoms with Crippen molar-refractivity contribution in [3.63, 3.8) is 0 Å². The highest BCUT2D eigenvalue weighted by Gasteiger charge is 2.14. The topological polar surface area (TPSA) is 59.2 Å². The lowest BCUT2D eigenvalue weighted by Crippen LogP contribution is -2.20. The smallest absolute Gasteiger partial charge is 0.163 e. The van der Waals surface area contributed by atoms with Gasteiger partial charge in [-0.15, -0.1) is 0 Å². The number of fused-ring (bicyclic) bond motifs is 2. The summed E-state index contributed by atoms with van der Waals surface area (Å²) in [7, 11) is 0. The van der Waals surface area contributed by atoms with E-state index in [9.17, 15) is 0 Å². The summed E-state index contributed by atoms with van der Waals surface area (Å²) in [4.78, 5) is 7.98. The lowest BCUT2D eigenvalue weighted by atomic mass is 10.1. The van der Waals surface area contributed by atoms with Crippen LogP contribution in [0.25, 0.3) is 11.0 Å². The molecular formula is C16H23N3O2. The van der Waals surface area contributed by atoms with Gasteiger partial charge in [-0.1, -0.05) is 13.8 Å². The Kier molecular flexibility index (Phi) is 4.29. The van der Waals surface area contributed by atoms with E-state index >= 15 is 0 Å². The molecule has 1 aromatic heterocycles. The summed E-state index contributed by atoms with van der Waals surface area (Å²) < 4.78 is 11.2. The fourth-order valence-corrected chi connectivity index (χ4v) is 2.44. The summed E-state index contributed by atoms with van der Waals surface area (Å²) in [6, 6.07) is 3.93. The first kappa shape index (κ1) is 14.2. The molecule has 0 spiro atoms. The number of hydrogen-bond acceptors (Lipinski definition) is 4. The molecule has 0 fully saturated rings. The molecule has 1 aliphatic heterocycles. The van der Waals surface area contributed by atoms with Gasteiger partial charge in [0, 0.05) is 25.1 Å². The Morgan fingerprint density at radius 2 is 1.95 bits per heavy atom. The van der Waals surface area contributed by atoms with Gasteiger partial charge in [0.2, 0.25) is 0 Å². The van der Waals surface area contributed by atoms with Gasteiger partial charge < -0.3 is 19.8 Å². The molecule has 5 heteroatoms. The minimum Gasteiger partial charge on any atom is -0.486 e. The second kappa shape index (κ2) is 6.35. The van der Waals surface area contributed by atoms with E-state index in [1.807, 2.05) is 12.1 Å². The van der Waals surface area contributed by atoms with Crippen molar-refractivity contribution in [2.75, 3.05) is 26.3 Å². The highest BCUT2D eigenvalue weighted by Crippen LogP contribution is 2.33. The summed E-state index contributed by atoms with van der Waals surface area (Å²) in [6.07, 6.45) is 2.11. The first-order valence-electron chi connectivity index (χ1n) is 7.71. The van der Waals surface area contributed by atoms with Crippen LogP contribution in [-0.2, 0) is 6.42 Å². The van der Waals surface area contributed by atoms with Gasteiger partial charge in [-0.25, -0.2) is 4.98 Å². The number of aromatic nitrogens is 2. The van der Waals surface area contributed by atoms with Gasteiger partial charge in [0.15, 0.2) is 11.5 Å². The molecule has 0 saturated heterocycles. The Balaban J connectivity index is 1.61. The Hall–Kier alpha value is -1.75. The molecule has 0 unspecified atom stereocenters. The maximum Gasteiger partial charge on any atom is 0.163 e.